The highest BCUT2D eigenvalue weighted by Gasteiger charge is 2.26. The Morgan fingerprint density at radius 1 is 1.32 bits per heavy atom. The minimum Gasteiger partial charge on any atom is -0.496 e. The molecule has 0 aliphatic carbocycles. The predicted octanol–water partition coefficient (Wildman–Crippen LogP) is 2.77. The van der Waals surface area contributed by atoms with Crippen LogP contribution in [0.2, 0.25) is 0 Å². The highest BCUT2D eigenvalue weighted by atomic mass is 35.5. The van der Waals surface area contributed by atoms with E-state index in [2.05, 4.69) is 5.32 Å². The largest absolute Gasteiger partial charge is 0.496 e. The van der Waals surface area contributed by atoms with Crippen molar-refractivity contribution in [3.8, 4) is 5.75 Å². The maximum atomic E-state index is 12.9. The van der Waals surface area contributed by atoms with E-state index in [0.29, 0.717) is 25.6 Å². The van der Waals surface area contributed by atoms with Crippen LogP contribution in [0.1, 0.15) is 37.7 Å². The van der Waals surface area contributed by atoms with Crippen LogP contribution in [0.4, 0.5) is 0 Å². The van der Waals surface area contributed by atoms with Gasteiger partial charge in [-0.05, 0) is 38.3 Å². The number of amides is 1. The van der Waals surface area contributed by atoms with Gasteiger partial charge in [0.1, 0.15) is 5.75 Å². The summed E-state index contributed by atoms with van der Waals surface area (Å²) < 4.78 is 11.2. The average Bonchev–Trinajstić information content (AvgIpc) is 3.28. The van der Waals surface area contributed by atoms with Crippen molar-refractivity contribution < 1.29 is 14.3 Å². The molecule has 0 spiro atoms. The zero-order valence-corrected chi connectivity index (χ0v) is 15.7. The Kier molecular flexibility index (Phi) is 8.00. The summed E-state index contributed by atoms with van der Waals surface area (Å²) in [6.07, 6.45) is 5.12. The Labute approximate surface area is 156 Å². The fraction of sp³-hybridized carbons (Fsp3) is 0.632. The van der Waals surface area contributed by atoms with E-state index in [9.17, 15) is 4.79 Å². The van der Waals surface area contributed by atoms with Crippen molar-refractivity contribution in [1.29, 1.82) is 0 Å². The number of hydrogen-bond donors (Lipinski definition) is 1. The summed E-state index contributed by atoms with van der Waals surface area (Å²) in [4.78, 5) is 14.8. The molecule has 140 valence electrons. The molecule has 2 fully saturated rings. The number of halogens is 1. The Bertz CT molecular complexity index is 543. The molecule has 1 amide bonds. The molecule has 1 aromatic carbocycles. The zero-order valence-electron chi connectivity index (χ0n) is 14.9. The Hall–Kier alpha value is -1.30. The SMILES string of the molecule is COc1ccccc1CN(CC1CCCO1)C(=O)CC1CCCN1.Cl. The first-order valence-corrected chi connectivity index (χ1v) is 9.01. The second-order valence-electron chi connectivity index (χ2n) is 6.72. The molecule has 3 rings (SSSR count). The quantitative estimate of drug-likeness (QED) is 0.804. The van der Waals surface area contributed by atoms with Gasteiger partial charge < -0.3 is 19.7 Å². The van der Waals surface area contributed by atoms with Crippen molar-refractivity contribution in [3.63, 3.8) is 0 Å². The Morgan fingerprint density at radius 2 is 2.16 bits per heavy atom. The molecule has 0 bridgehead atoms. The molecule has 25 heavy (non-hydrogen) atoms. The monoisotopic (exact) mass is 368 g/mol. The molecule has 2 unspecified atom stereocenters. The number of ether oxygens (including phenoxy) is 2. The van der Waals surface area contributed by atoms with Crippen LogP contribution in [-0.4, -0.2) is 49.8 Å². The number of nitrogens with one attached hydrogen (secondary N) is 1. The first-order chi connectivity index (χ1) is 11.8. The van der Waals surface area contributed by atoms with E-state index < -0.39 is 0 Å². The normalized spacial score (nSPS) is 22.4. The molecule has 0 aromatic heterocycles. The van der Waals surface area contributed by atoms with Crippen molar-refractivity contribution in [2.24, 2.45) is 0 Å². The first-order valence-electron chi connectivity index (χ1n) is 9.01. The lowest BCUT2D eigenvalue weighted by atomic mass is 10.1. The molecule has 0 radical (unpaired) electrons. The molecule has 2 aliphatic rings. The van der Waals surface area contributed by atoms with Gasteiger partial charge in [-0.2, -0.15) is 0 Å². The van der Waals surface area contributed by atoms with Crippen LogP contribution in [0, 0.1) is 0 Å². The van der Waals surface area contributed by atoms with Gasteiger partial charge >= 0.3 is 0 Å². The third-order valence-electron chi connectivity index (χ3n) is 4.94. The van der Waals surface area contributed by atoms with Crippen LogP contribution in [-0.2, 0) is 16.1 Å². The van der Waals surface area contributed by atoms with Crippen molar-refractivity contribution in [2.75, 3.05) is 26.8 Å². The van der Waals surface area contributed by atoms with Crippen molar-refractivity contribution in [2.45, 2.75) is 50.8 Å². The summed E-state index contributed by atoms with van der Waals surface area (Å²) in [5.74, 6) is 1.04. The van der Waals surface area contributed by atoms with E-state index in [1.165, 1.54) is 0 Å². The third kappa shape index (κ3) is 5.59. The molecular weight excluding hydrogens is 340 g/mol. The second kappa shape index (κ2) is 10.00. The van der Waals surface area contributed by atoms with E-state index in [1.807, 2.05) is 29.2 Å². The van der Waals surface area contributed by atoms with E-state index in [4.69, 9.17) is 9.47 Å². The van der Waals surface area contributed by atoms with Gasteiger partial charge in [0.15, 0.2) is 0 Å². The number of carbonyl (C=O) groups excluding carboxylic acids is 1. The summed E-state index contributed by atoms with van der Waals surface area (Å²) in [6.45, 7) is 3.08. The standard InChI is InChI=1S/C19H28N2O3.ClH/c1-23-18-9-3-2-6-15(18)13-21(14-17-8-5-11-24-17)19(22)12-16-7-4-10-20-16;/h2-3,6,9,16-17,20H,4-5,7-8,10-14H2,1H3;1H. The summed E-state index contributed by atoms with van der Waals surface area (Å²) in [5, 5.41) is 3.42. The maximum Gasteiger partial charge on any atom is 0.224 e. The third-order valence-corrected chi connectivity index (χ3v) is 4.94. The second-order valence-corrected chi connectivity index (χ2v) is 6.72. The van der Waals surface area contributed by atoms with Gasteiger partial charge in [0, 0.05) is 37.7 Å². The summed E-state index contributed by atoms with van der Waals surface area (Å²) in [5.41, 5.74) is 1.05. The number of para-hydroxylation sites is 1. The topological polar surface area (TPSA) is 50.8 Å². The number of hydrogen-bond acceptors (Lipinski definition) is 4. The summed E-state index contributed by atoms with van der Waals surface area (Å²) >= 11 is 0. The van der Waals surface area contributed by atoms with Crippen LogP contribution < -0.4 is 10.1 Å². The zero-order chi connectivity index (χ0) is 16.8. The molecule has 5 nitrogen and oxygen atoms in total. The van der Waals surface area contributed by atoms with E-state index in [1.54, 1.807) is 7.11 Å². The molecule has 0 saturated carbocycles. The van der Waals surface area contributed by atoms with Gasteiger partial charge in [0.2, 0.25) is 5.91 Å². The molecular formula is C19H29ClN2O3. The molecule has 1 N–H and O–H groups in total. The van der Waals surface area contributed by atoms with E-state index in [-0.39, 0.29) is 24.4 Å². The average molecular weight is 369 g/mol. The lowest BCUT2D eigenvalue weighted by Crippen LogP contribution is -2.39. The lowest BCUT2D eigenvalue weighted by molar-refractivity contribution is -0.133. The van der Waals surface area contributed by atoms with Gasteiger partial charge in [-0.3, -0.25) is 4.79 Å². The number of nitrogens with zero attached hydrogens (tertiary/aromatic N) is 1. The predicted molar refractivity (Wildman–Crippen MR) is 100 cm³/mol. The van der Waals surface area contributed by atoms with Crippen LogP contribution >= 0.6 is 12.4 Å². The summed E-state index contributed by atoms with van der Waals surface area (Å²) in [6, 6.07) is 8.25. The fourth-order valence-electron chi connectivity index (χ4n) is 3.60. The molecule has 2 saturated heterocycles. The smallest absolute Gasteiger partial charge is 0.224 e. The maximum absolute atomic E-state index is 12.9. The van der Waals surface area contributed by atoms with E-state index in [0.717, 1.165) is 50.1 Å². The minimum atomic E-state index is 0. The van der Waals surface area contributed by atoms with E-state index >= 15 is 0 Å². The molecule has 6 heteroatoms. The fourth-order valence-corrected chi connectivity index (χ4v) is 3.60. The highest BCUT2D eigenvalue weighted by Crippen LogP contribution is 2.22. The van der Waals surface area contributed by atoms with Gasteiger partial charge in [0.05, 0.1) is 13.2 Å². The minimum absolute atomic E-state index is 0. The van der Waals surface area contributed by atoms with Gasteiger partial charge in [-0.25, -0.2) is 0 Å². The van der Waals surface area contributed by atoms with Gasteiger partial charge in [0.25, 0.3) is 0 Å². The highest BCUT2D eigenvalue weighted by molar-refractivity contribution is 5.85. The van der Waals surface area contributed by atoms with Crippen LogP contribution in [0.25, 0.3) is 0 Å². The number of methoxy groups -OCH3 is 1. The van der Waals surface area contributed by atoms with Crippen molar-refractivity contribution in [3.05, 3.63) is 29.8 Å². The van der Waals surface area contributed by atoms with Crippen molar-refractivity contribution in [1.82, 2.24) is 10.2 Å². The van der Waals surface area contributed by atoms with Crippen LogP contribution in [0.5, 0.6) is 5.75 Å². The number of carbonyl (C=O) groups is 1. The molecule has 2 atom stereocenters. The van der Waals surface area contributed by atoms with Crippen LogP contribution in [0.3, 0.4) is 0 Å². The number of benzene rings is 1. The lowest BCUT2D eigenvalue weighted by Gasteiger charge is -2.27. The van der Waals surface area contributed by atoms with Crippen LogP contribution in [0.15, 0.2) is 24.3 Å². The Balaban J connectivity index is 0.00000225. The molecule has 1 aromatic rings. The van der Waals surface area contributed by atoms with Gasteiger partial charge in [-0.1, -0.05) is 18.2 Å². The first kappa shape index (κ1) is 20.0. The van der Waals surface area contributed by atoms with Gasteiger partial charge in [-0.15, -0.1) is 12.4 Å². The summed E-state index contributed by atoms with van der Waals surface area (Å²) in [7, 11) is 1.67. The number of rotatable bonds is 7. The molecule has 2 aliphatic heterocycles. The van der Waals surface area contributed by atoms with Crippen molar-refractivity contribution >= 4 is 18.3 Å². The molecule has 2 heterocycles. The Morgan fingerprint density at radius 3 is 2.84 bits per heavy atom.